The molecule has 0 aromatic heterocycles. The van der Waals surface area contributed by atoms with E-state index >= 15 is 0 Å². The molecule has 0 bridgehead atoms. The number of aliphatic imine (C=N–C) groups is 1. The molecule has 0 radical (unpaired) electrons. The summed E-state index contributed by atoms with van der Waals surface area (Å²) in [5.74, 6) is 0.878. The fraction of sp³-hybridized carbons (Fsp3) is 0.769. The fourth-order valence-corrected chi connectivity index (χ4v) is 1.70. The molecule has 18 heavy (non-hydrogen) atoms. The van der Waals surface area contributed by atoms with Gasteiger partial charge in [0.15, 0.2) is 5.96 Å². The van der Waals surface area contributed by atoms with Crippen LogP contribution in [-0.4, -0.2) is 49.6 Å². The molecule has 2 N–H and O–H groups in total. The number of hydrogen-bond donors (Lipinski definition) is 2. The zero-order chi connectivity index (χ0) is 12.7. The standard InChI is InChI=1S/C13H26N4.HI/c1-5-9-15-13(14-6-2)16-10-11(3)17(4)12-7-8-12;/h5,11-12H,1,6-10H2,2-4H3,(H2,14,15,16);1H. The highest BCUT2D eigenvalue weighted by atomic mass is 127. The van der Waals surface area contributed by atoms with Crippen molar-refractivity contribution in [1.82, 2.24) is 15.5 Å². The van der Waals surface area contributed by atoms with Crippen LogP contribution in [-0.2, 0) is 0 Å². The van der Waals surface area contributed by atoms with Crippen LogP contribution in [0.1, 0.15) is 26.7 Å². The van der Waals surface area contributed by atoms with Crippen molar-refractivity contribution >= 4 is 29.9 Å². The fourth-order valence-electron chi connectivity index (χ4n) is 1.70. The van der Waals surface area contributed by atoms with Gasteiger partial charge in [0.2, 0.25) is 0 Å². The van der Waals surface area contributed by atoms with Gasteiger partial charge in [-0.3, -0.25) is 9.89 Å². The van der Waals surface area contributed by atoms with Crippen molar-refractivity contribution in [2.45, 2.75) is 38.8 Å². The minimum absolute atomic E-state index is 0. The van der Waals surface area contributed by atoms with Crippen LogP contribution in [0.3, 0.4) is 0 Å². The lowest BCUT2D eigenvalue weighted by atomic mass is 10.3. The average molecular weight is 366 g/mol. The van der Waals surface area contributed by atoms with Crippen LogP contribution in [0.4, 0.5) is 0 Å². The van der Waals surface area contributed by atoms with Gasteiger partial charge in [0.1, 0.15) is 0 Å². The van der Waals surface area contributed by atoms with Crippen LogP contribution >= 0.6 is 24.0 Å². The summed E-state index contributed by atoms with van der Waals surface area (Å²) >= 11 is 0. The van der Waals surface area contributed by atoms with E-state index in [9.17, 15) is 0 Å². The number of halogens is 1. The molecule has 106 valence electrons. The summed E-state index contributed by atoms with van der Waals surface area (Å²) in [4.78, 5) is 7.02. The molecule has 0 saturated heterocycles. The Hall–Kier alpha value is -0.300. The van der Waals surface area contributed by atoms with Crippen LogP contribution in [0.5, 0.6) is 0 Å². The first kappa shape index (κ1) is 17.7. The van der Waals surface area contributed by atoms with E-state index in [1.165, 1.54) is 12.8 Å². The zero-order valence-corrected chi connectivity index (χ0v) is 14.1. The minimum Gasteiger partial charge on any atom is -0.357 e. The Kier molecular flexibility index (Phi) is 9.45. The van der Waals surface area contributed by atoms with E-state index in [0.717, 1.165) is 31.6 Å². The Morgan fingerprint density at radius 2 is 2.17 bits per heavy atom. The normalized spacial score (nSPS) is 17.0. The first-order valence-electron chi connectivity index (χ1n) is 6.54. The molecule has 4 nitrogen and oxygen atoms in total. The Morgan fingerprint density at radius 3 is 2.67 bits per heavy atom. The second-order valence-electron chi connectivity index (χ2n) is 4.63. The van der Waals surface area contributed by atoms with Crippen LogP contribution < -0.4 is 10.6 Å². The molecule has 1 rings (SSSR count). The van der Waals surface area contributed by atoms with Gasteiger partial charge < -0.3 is 10.6 Å². The Labute approximate surface area is 128 Å². The highest BCUT2D eigenvalue weighted by Crippen LogP contribution is 2.26. The van der Waals surface area contributed by atoms with Gasteiger partial charge in [0.05, 0.1) is 6.54 Å². The molecule has 1 aliphatic rings. The van der Waals surface area contributed by atoms with Gasteiger partial charge in [-0.05, 0) is 33.7 Å². The Balaban J connectivity index is 0.00000289. The topological polar surface area (TPSA) is 39.7 Å². The zero-order valence-electron chi connectivity index (χ0n) is 11.8. The number of nitrogens with one attached hydrogen (secondary N) is 2. The molecule has 1 aliphatic carbocycles. The third-order valence-electron chi connectivity index (χ3n) is 3.09. The van der Waals surface area contributed by atoms with Crippen LogP contribution in [0.15, 0.2) is 17.6 Å². The van der Waals surface area contributed by atoms with E-state index in [1.54, 1.807) is 0 Å². The number of guanidine groups is 1. The quantitative estimate of drug-likeness (QED) is 0.313. The molecule has 1 fully saturated rings. The van der Waals surface area contributed by atoms with Crippen molar-refractivity contribution in [3.8, 4) is 0 Å². The van der Waals surface area contributed by atoms with Crippen LogP contribution in [0, 0.1) is 0 Å². The SMILES string of the molecule is C=CCNC(=NCC(C)N(C)C1CC1)NCC.I. The van der Waals surface area contributed by atoms with Gasteiger partial charge in [0.25, 0.3) is 0 Å². The van der Waals surface area contributed by atoms with Crippen molar-refractivity contribution in [2.75, 3.05) is 26.7 Å². The molecule has 0 aliphatic heterocycles. The number of rotatable bonds is 7. The lowest BCUT2D eigenvalue weighted by Gasteiger charge is -2.23. The lowest BCUT2D eigenvalue weighted by molar-refractivity contribution is 0.253. The van der Waals surface area contributed by atoms with Crippen molar-refractivity contribution in [3.63, 3.8) is 0 Å². The lowest BCUT2D eigenvalue weighted by Crippen LogP contribution is -2.39. The second kappa shape index (κ2) is 9.61. The smallest absolute Gasteiger partial charge is 0.191 e. The first-order chi connectivity index (χ1) is 8.19. The molecule has 1 unspecified atom stereocenters. The van der Waals surface area contributed by atoms with Crippen LogP contribution in [0.25, 0.3) is 0 Å². The van der Waals surface area contributed by atoms with Gasteiger partial charge in [-0.25, -0.2) is 0 Å². The average Bonchev–Trinajstić information content (AvgIpc) is 3.15. The molecule has 1 saturated carbocycles. The van der Waals surface area contributed by atoms with Crippen molar-refractivity contribution < 1.29 is 0 Å². The van der Waals surface area contributed by atoms with E-state index in [0.29, 0.717) is 6.04 Å². The molecule has 0 heterocycles. The molecule has 5 heteroatoms. The maximum absolute atomic E-state index is 4.59. The summed E-state index contributed by atoms with van der Waals surface area (Å²) < 4.78 is 0. The Bertz CT molecular complexity index is 264. The highest BCUT2D eigenvalue weighted by molar-refractivity contribution is 14.0. The van der Waals surface area contributed by atoms with Gasteiger partial charge in [-0.15, -0.1) is 30.6 Å². The van der Waals surface area contributed by atoms with E-state index in [1.807, 2.05) is 6.08 Å². The third-order valence-corrected chi connectivity index (χ3v) is 3.09. The van der Waals surface area contributed by atoms with Gasteiger partial charge in [-0.1, -0.05) is 6.08 Å². The van der Waals surface area contributed by atoms with E-state index in [2.05, 4.69) is 48.0 Å². The summed E-state index contributed by atoms with van der Waals surface area (Å²) in [5.41, 5.74) is 0. The molecule has 0 amide bonds. The van der Waals surface area contributed by atoms with Gasteiger partial charge >= 0.3 is 0 Å². The van der Waals surface area contributed by atoms with Gasteiger partial charge in [0, 0.05) is 25.2 Å². The number of likely N-dealkylation sites (N-methyl/N-ethyl adjacent to an activating group) is 1. The van der Waals surface area contributed by atoms with E-state index < -0.39 is 0 Å². The molecule has 0 spiro atoms. The molecular weight excluding hydrogens is 339 g/mol. The van der Waals surface area contributed by atoms with Crippen molar-refractivity contribution in [1.29, 1.82) is 0 Å². The predicted octanol–water partition coefficient (Wildman–Crippen LogP) is 1.83. The van der Waals surface area contributed by atoms with Gasteiger partial charge in [-0.2, -0.15) is 0 Å². The van der Waals surface area contributed by atoms with E-state index in [4.69, 9.17) is 0 Å². The monoisotopic (exact) mass is 366 g/mol. The Morgan fingerprint density at radius 1 is 1.50 bits per heavy atom. The summed E-state index contributed by atoms with van der Waals surface area (Å²) in [7, 11) is 2.20. The number of hydrogen-bond acceptors (Lipinski definition) is 2. The van der Waals surface area contributed by atoms with E-state index in [-0.39, 0.29) is 24.0 Å². The minimum atomic E-state index is 0. The molecule has 0 aromatic carbocycles. The predicted molar refractivity (Wildman–Crippen MR) is 89.8 cm³/mol. The first-order valence-corrected chi connectivity index (χ1v) is 6.54. The largest absolute Gasteiger partial charge is 0.357 e. The summed E-state index contributed by atoms with van der Waals surface area (Å²) in [6.45, 7) is 10.5. The summed E-state index contributed by atoms with van der Waals surface area (Å²) in [6, 6.07) is 1.30. The van der Waals surface area contributed by atoms with Crippen LogP contribution in [0.2, 0.25) is 0 Å². The maximum Gasteiger partial charge on any atom is 0.191 e. The van der Waals surface area contributed by atoms with Crippen molar-refractivity contribution in [3.05, 3.63) is 12.7 Å². The van der Waals surface area contributed by atoms with Crippen molar-refractivity contribution in [2.24, 2.45) is 4.99 Å². The molecule has 0 aromatic rings. The third kappa shape index (κ3) is 6.58. The maximum atomic E-state index is 4.59. The molecular formula is C13H27IN4. The number of nitrogens with zero attached hydrogens (tertiary/aromatic N) is 2. The highest BCUT2D eigenvalue weighted by Gasteiger charge is 2.28. The molecule has 1 atom stereocenters. The summed E-state index contributed by atoms with van der Waals surface area (Å²) in [6.07, 6.45) is 4.53. The summed E-state index contributed by atoms with van der Waals surface area (Å²) in [5, 5.41) is 6.44. The second-order valence-corrected chi connectivity index (χ2v) is 4.63.